The van der Waals surface area contributed by atoms with Crippen LogP contribution in [0, 0.1) is 0 Å². The van der Waals surface area contributed by atoms with Crippen molar-refractivity contribution in [3.63, 3.8) is 0 Å². The fourth-order valence-corrected chi connectivity index (χ4v) is 4.33. The van der Waals surface area contributed by atoms with Crippen LogP contribution in [0.4, 0.5) is 0 Å². The van der Waals surface area contributed by atoms with Crippen LogP contribution < -0.4 is 0 Å². The van der Waals surface area contributed by atoms with E-state index in [9.17, 15) is 4.79 Å². The Kier molecular flexibility index (Phi) is 41.8. The summed E-state index contributed by atoms with van der Waals surface area (Å²) in [6.07, 6.45) is 21.3. The lowest BCUT2D eigenvalue weighted by Crippen LogP contribution is -2.15. The molecular weight excluding hydrogens is 608 g/mol. The minimum absolute atomic E-state index is 0.0251. The van der Waals surface area contributed by atoms with Crippen LogP contribution in [0.1, 0.15) is 96.8 Å². The Hall–Kier alpha value is -1.15. The van der Waals surface area contributed by atoms with Gasteiger partial charge in [-0.1, -0.05) is 70.4 Å². The van der Waals surface area contributed by atoms with Gasteiger partial charge in [-0.25, -0.2) is 0 Å². The second kappa shape index (κ2) is 42.9. The summed E-state index contributed by atoms with van der Waals surface area (Å²) in [5.41, 5.74) is 0. The Balaban J connectivity index is 3.16. The first kappa shape index (κ1) is 45.9. The summed E-state index contributed by atoms with van der Waals surface area (Å²) >= 11 is 0. The minimum Gasteiger partial charge on any atom is -0.463 e. The highest BCUT2D eigenvalue weighted by Crippen LogP contribution is 2.10. The fraction of sp³-hybridized carbons (Fsp3) is 0.917. The molecule has 11 nitrogen and oxygen atoms in total. The van der Waals surface area contributed by atoms with Crippen molar-refractivity contribution in [1.82, 2.24) is 0 Å². The lowest BCUT2D eigenvalue weighted by atomic mass is 10.1. The molecule has 0 fully saturated rings. The summed E-state index contributed by atoms with van der Waals surface area (Å²) in [7, 11) is 0. The van der Waals surface area contributed by atoms with E-state index in [1.54, 1.807) is 0 Å². The van der Waals surface area contributed by atoms with Crippen LogP contribution in [0.15, 0.2) is 12.2 Å². The van der Waals surface area contributed by atoms with E-state index in [1.165, 1.54) is 70.6 Å². The first-order chi connectivity index (χ1) is 23.3. The van der Waals surface area contributed by atoms with E-state index in [2.05, 4.69) is 19.1 Å². The summed E-state index contributed by atoms with van der Waals surface area (Å²) in [5, 5.41) is 8.58. The summed E-state index contributed by atoms with van der Waals surface area (Å²) in [6.45, 7) is 10.2. The smallest absolute Gasteiger partial charge is 0.305 e. The molecule has 0 aliphatic heterocycles. The fourth-order valence-electron chi connectivity index (χ4n) is 4.33. The Labute approximate surface area is 286 Å². The van der Waals surface area contributed by atoms with Gasteiger partial charge in [0.2, 0.25) is 0 Å². The van der Waals surface area contributed by atoms with E-state index in [1.807, 2.05) is 0 Å². The maximum atomic E-state index is 11.9. The van der Waals surface area contributed by atoms with Crippen LogP contribution in [0.25, 0.3) is 0 Å². The Morgan fingerprint density at radius 1 is 0.426 bits per heavy atom. The van der Waals surface area contributed by atoms with Gasteiger partial charge in [0.15, 0.2) is 0 Å². The summed E-state index contributed by atoms with van der Waals surface area (Å²) in [6, 6.07) is 0. The number of aliphatic hydroxyl groups excluding tert-OH is 1. The highest BCUT2D eigenvalue weighted by Gasteiger charge is 2.03. The van der Waals surface area contributed by atoms with E-state index in [0.29, 0.717) is 112 Å². The van der Waals surface area contributed by atoms with Gasteiger partial charge in [0, 0.05) is 6.42 Å². The lowest BCUT2D eigenvalue weighted by Gasteiger charge is -2.09. The number of hydrogen-bond acceptors (Lipinski definition) is 11. The standard InChI is InChI=1S/C36H70O11/c1-2-3-4-5-6-7-8-9-10-11-12-13-14-15-16-17-36(38)47-35-34-46-33-32-45-31-30-44-29-28-43-27-26-42-25-24-41-23-22-40-21-20-39-19-18-37/h9-10,37H,2-8,11-35H2,1H3. The molecule has 0 aromatic rings. The van der Waals surface area contributed by atoms with Crippen LogP contribution in [0.2, 0.25) is 0 Å². The van der Waals surface area contributed by atoms with Crippen molar-refractivity contribution in [1.29, 1.82) is 0 Å². The third-order valence-corrected chi connectivity index (χ3v) is 6.97. The Bertz CT molecular complexity index is 622. The molecule has 0 unspecified atom stereocenters. The molecule has 0 rings (SSSR count). The molecule has 280 valence electrons. The van der Waals surface area contributed by atoms with E-state index in [-0.39, 0.29) is 19.2 Å². The third kappa shape index (κ3) is 42.8. The molecule has 0 saturated carbocycles. The van der Waals surface area contributed by atoms with Crippen LogP contribution >= 0.6 is 0 Å². The van der Waals surface area contributed by atoms with Gasteiger partial charge >= 0.3 is 5.97 Å². The van der Waals surface area contributed by atoms with Crippen molar-refractivity contribution < 1.29 is 52.5 Å². The van der Waals surface area contributed by atoms with Gasteiger partial charge in [-0.15, -0.1) is 0 Å². The van der Waals surface area contributed by atoms with Gasteiger partial charge in [0.1, 0.15) is 6.61 Å². The molecule has 47 heavy (non-hydrogen) atoms. The molecule has 0 spiro atoms. The van der Waals surface area contributed by atoms with Crippen molar-refractivity contribution >= 4 is 5.97 Å². The molecule has 0 heterocycles. The van der Waals surface area contributed by atoms with E-state index < -0.39 is 0 Å². The second-order valence-corrected chi connectivity index (χ2v) is 11.2. The first-order valence-electron chi connectivity index (χ1n) is 18.3. The molecule has 0 aliphatic rings. The average molecular weight is 679 g/mol. The first-order valence-corrected chi connectivity index (χ1v) is 18.3. The van der Waals surface area contributed by atoms with Gasteiger partial charge in [0.25, 0.3) is 0 Å². The summed E-state index contributed by atoms with van der Waals surface area (Å²) in [4.78, 5) is 11.9. The number of ether oxygens (including phenoxy) is 9. The van der Waals surface area contributed by atoms with Crippen molar-refractivity contribution in [3.8, 4) is 0 Å². The molecular formula is C36H70O11. The predicted octanol–water partition coefficient (Wildman–Crippen LogP) is 5.69. The summed E-state index contributed by atoms with van der Waals surface area (Å²) < 4.78 is 48.4. The zero-order chi connectivity index (χ0) is 34.0. The Morgan fingerprint density at radius 3 is 1.13 bits per heavy atom. The molecule has 0 aromatic carbocycles. The van der Waals surface area contributed by atoms with Crippen molar-refractivity contribution in [2.75, 3.05) is 119 Å². The van der Waals surface area contributed by atoms with Crippen LogP contribution in [0.5, 0.6) is 0 Å². The molecule has 0 bridgehead atoms. The van der Waals surface area contributed by atoms with Crippen LogP contribution in [-0.2, 0) is 47.4 Å². The Morgan fingerprint density at radius 2 is 0.745 bits per heavy atom. The summed E-state index contributed by atoms with van der Waals surface area (Å²) in [5.74, 6) is -0.141. The average Bonchev–Trinajstić information content (AvgIpc) is 3.08. The van der Waals surface area contributed by atoms with Crippen molar-refractivity contribution in [2.24, 2.45) is 0 Å². The predicted molar refractivity (Wildman–Crippen MR) is 184 cm³/mol. The zero-order valence-electron chi connectivity index (χ0n) is 29.8. The topological polar surface area (TPSA) is 120 Å². The quantitative estimate of drug-likeness (QED) is 0.0488. The number of esters is 1. The van der Waals surface area contributed by atoms with Crippen LogP contribution in [-0.4, -0.2) is 130 Å². The molecule has 0 aliphatic carbocycles. The minimum atomic E-state index is -0.141. The number of unbranched alkanes of at least 4 members (excludes halogenated alkanes) is 11. The molecule has 0 saturated heterocycles. The number of hydrogen-bond donors (Lipinski definition) is 1. The number of carbonyl (C=O) groups excluding carboxylic acids is 1. The molecule has 0 radical (unpaired) electrons. The normalized spacial score (nSPS) is 11.6. The number of carbonyl (C=O) groups is 1. The van der Waals surface area contributed by atoms with E-state index >= 15 is 0 Å². The highest BCUT2D eigenvalue weighted by molar-refractivity contribution is 5.69. The van der Waals surface area contributed by atoms with Gasteiger partial charge < -0.3 is 47.7 Å². The number of rotatable bonds is 41. The molecule has 0 aromatic heterocycles. The SMILES string of the molecule is CCCCCCCCC=CCCCCCCCC(=O)OCCOCCOCCOCCOCCOCCOCCOCCOCCO. The van der Waals surface area contributed by atoms with Gasteiger partial charge in [-0.3, -0.25) is 4.79 Å². The van der Waals surface area contributed by atoms with E-state index in [0.717, 1.165) is 12.8 Å². The van der Waals surface area contributed by atoms with Gasteiger partial charge in [-0.05, 0) is 32.1 Å². The molecule has 0 amide bonds. The molecule has 1 N–H and O–H groups in total. The maximum Gasteiger partial charge on any atom is 0.305 e. The maximum absolute atomic E-state index is 11.9. The third-order valence-electron chi connectivity index (χ3n) is 6.97. The highest BCUT2D eigenvalue weighted by atomic mass is 16.6. The second-order valence-electron chi connectivity index (χ2n) is 11.2. The van der Waals surface area contributed by atoms with Crippen molar-refractivity contribution in [3.05, 3.63) is 12.2 Å². The molecule has 11 heteroatoms. The number of aliphatic hydroxyl groups is 1. The lowest BCUT2D eigenvalue weighted by molar-refractivity contribution is -0.145. The molecule has 0 atom stereocenters. The van der Waals surface area contributed by atoms with Crippen LogP contribution in [0.3, 0.4) is 0 Å². The monoisotopic (exact) mass is 678 g/mol. The van der Waals surface area contributed by atoms with E-state index in [4.69, 9.17) is 47.7 Å². The van der Waals surface area contributed by atoms with Crippen molar-refractivity contribution in [2.45, 2.75) is 96.8 Å². The largest absolute Gasteiger partial charge is 0.463 e. The zero-order valence-corrected chi connectivity index (χ0v) is 29.8. The van der Waals surface area contributed by atoms with Gasteiger partial charge in [0.05, 0.1) is 112 Å². The van der Waals surface area contributed by atoms with Gasteiger partial charge in [-0.2, -0.15) is 0 Å². The number of allylic oxidation sites excluding steroid dienone is 2.